The van der Waals surface area contributed by atoms with Crippen LogP contribution in [0.15, 0.2) is 22.7 Å². The molecule has 0 bridgehead atoms. The molecule has 0 spiro atoms. The Hall–Kier alpha value is -1.55. The van der Waals surface area contributed by atoms with Gasteiger partial charge in [-0.25, -0.2) is 0 Å². The molecule has 4 nitrogen and oxygen atoms in total. The van der Waals surface area contributed by atoms with Crippen molar-refractivity contribution < 1.29 is 4.42 Å². The van der Waals surface area contributed by atoms with Crippen molar-refractivity contribution in [3.8, 4) is 0 Å². The van der Waals surface area contributed by atoms with Crippen molar-refractivity contribution in [3.05, 3.63) is 41.1 Å². The van der Waals surface area contributed by atoms with E-state index in [0.29, 0.717) is 12.6 Å². The summed E-state index contributed by atoms with van der Waals surface area (Å²) in [6, 6.07) is 4.60. The first kappa shape index (κ1) is 12.9. The Kier molecular flexibility index (Phi) is 3.87. The van der Waals surface area contributed by atoms with E-state index in [2.05, 4.69) is 30.3 Å². The lowest BCUT2D eigenvalue weighted by Gasteiger charge is -2.06. The average Bonchev–Trinajstić information content (AvgIpc) is 2.84. The fourth-order valence-corrected chi connectivity index (χ4v) is 1.87. The summed E-state index contributed by atoms with van der Waals surface area (Å²) < 4.78 is 7.72. The molecule has 2 aromatic rings. The molecule has 98 valence electrons. The SMILES string of the molecule is Cc1oc(Cn2nccc2C)cc1CNC(C)C. The van der Waals surface area contributed by atoms with Gasteiger partial charge in [-0.15, -0.1) is 0 Å². The predicted octanol–water partition coefficient (Wildman–Crippen LogP) is 2.64. The molecular weight excluding hydrogens is 226 g/mol. The minimum Gasteiger partial charge on any atom is -0.464 e. The lowest BCUT2D eigenvalue weighted by atomic mass is 10.2. The van der Waals surface area contributed by atoms with Gasteiger partial charge in [-0.05, 0) is 26.0 Å². The topological polar surface area (TPSA) is 43.0 Å². The summed E-state index contributed by atoms with van der Waals surface area (Å²) in [5.41, 5.74) is 2.37. The largest absolute Gasteiger partial charge is 0.464 e. The highest BCUT2D eigenvalue weighted by molar-refractivity contribution is 5.21. The molecule has 4 heteroatoms. The fourth-order valence-electron chi connectivity index (χ4n) is 1.87. The summed E-state index contributed by atoms with van der Waals surface area (Å²) in [7, 11) is 0. The summed E-state index contributed by atoms with van der Waals surface area (Å²) in [5.74, 6) is 1.95. The Morgan fingerprint density at radius 2 is 2.17 bits per heavy atom. The van der Waals surface area contributed by atoms with Crippen LogP contribution in [-0.2, 0) is 13.1 Å². The Morgan fingerprint density at radius 3 is 2.78 bits per heavy atom. The molecular formula is C14H21N3O. The summed E-state index contributed by atoms with van der Waals surface area (Å²) in [6.07, 6.45) is 1.81. The number of furan rings is 1. The molecule has 0 radical (unpaired) electrons. The lowest BCUT2D eigenvalue weighted by Crippen LogP contribution is -2.21. The van der Waals surface area contributed by atoms with Gasteiger partial charge in [-0.3, -0.25) is 4.68 Å². The van der Waals surface area contributed by atoms with E-state index in [1.54, 1.807) is 0 Å². The first-order valence-electron chi connectivity index (χ1n) is 6.36. The van der Waals surface area contributed by atoms with Crippen molar-refractivity contribution in [1.82, 2.24) is 15.1 Å². The number of aryl methyl sites for hydroxylation is 2. The number of nitrogens with zero attached hydrogens (tertiary/aromatic N) is 2. The molecule has 18 heavy (non-hydrogen) atoms. The molecule has 0 aliphatic rings. The smallest absolute Gasteiger partial charge is 0.125 e. The van der Waals surface area contributed by atoms with Crippen LogP contribution >= 0.6 is 0 Å². The van der Waals surface area contributed by atoms with Gasteiger partial charge in [-0.1, -0.05) is 13.8 Å². The molecule has 0 aliphatic carbocycles. The minimum absolute atomic E-state index is 0.483. The molecule has 0 saturated carbocycles. The molecule has 0 unspecified atom stereocenters. The standard InChI is InChI=1S/C14H21N3O/c1-10(2)15-8-13-7-14(18-12(13)4)9-17-11(3)5-6-16-17/h5-7,10,15H,8-9H2,1-4H3. The second-order valence-electron chi connectivity index (χ2n) is 4.96. The van der Waals surface area contributed by atoms with Gasteiger partial charge in [-0.2, -0.15) is 5.10 Å². The number of hydrogen-bond donors (Lipinski definition) is 1. The van der Waals surface area contributed by atoms with Crippen molar-refractivity contribution in [3.63, 3.8) is 0 Å². The quantitative estimate of drug-likeness (QED) is 0.883. The van der Waals surface area contributed by atoms with Crippen molar-refractivity contribution in [2.45, 2.75) is 46.8 Å². The zero-order chi connectivity index (χ0) is 13.1. The molecule has 0 aromatic carbocycles. The Labute approximate surface area is 108 Å². The van der Waals surface area contributed by atoms with Gasteiger partial charge in [0, 0.05) is 30.0 Å². The highest BCUT2D eigenvalue weighted by atomic mass is 16.3. The fraction of sp³-hybridized carbons (Fsp3) is 0.500. The molecule has 0 atom stereocenters. The van der Waals surface area contributed by atoms with Crippen LogP contribution in [0, 0.1) is 13.8 Å². The predicted molar refractivity (Wildman–Crippen MR) is 71.5 cm³/mol. The van der Waals surface area contributed by atoms with Gasteiger partial charge in [0.25, 0.3) is 0 Å². The molecule has 1 N–H and O–H groups in total. The number of nitrogens with one attached hydrogen (secondary N) is 1. The summed E-state index contributed by atoms with van der Waals surface area (Å²) in [5, 5.41) is 7.67. The number of hydrogen-bond acceptors (Lipinski definition) is 3. The van der Waals surface area contributed by atoms with Crippen LogP contribution in [0.5, 0.6) is 0 Å². The van der Waals surface area contributed by atoms with E-state index in [-0.39, 0.29) is 0 Å². The van der Waals surface area contributed by atoms with Gasteiger partial charge >= 0.3 is 0 Å². The van der Waals surface area contributed by atoms with Crippen molar-refractivity contribution >= 4 is 0 Å². The molecule has 2 aromatic heterocycles. The summed E-state index contributed by atoms with van der Waals surface area (Å²) >= 11 is 0. The third kappa shape index (κ3) is 3.01. The summed E-state index contributed by atoms with van der Waals surface area (Å²) in [4.78, 5) is 0. The van der Waals surface area contributed by atoms with Crippen LogP contribution in [-0.4, -0.2) is 15.8 Å². The van der Waals surface area contributed by atoms with E-state index in [1.807, 2.05) is 30.8 Å². The van der Waals surface area contributed by atoms with E-state index in [1.165, 1.54) is 5.56 Å². The lowest BCUT2D eigenvalue weighted by molar-refractivity contribution is 0.453. The molecule has 0 amide bonds. The normalized spacial score (nSPS) is 11.4. The third-order valence-electron chi connectivity index (χ3n) is 3.01. The van der Waals surface area contributed by atoms with Gasteiger partial charge in [0.05, 0.1) is 6.54 Å². The molecule has 0 fully saturated rings. The third-order valence-corrected chi connectivity index (χ3v) is 3.01. The molecule has 2 rings (SSSR count). The van der Waals surface area contributed by atoms with Crippen molar-refractivity contribution in [2.24, 2.45) is 0 Å². The van der Waals surface area contributed by atoms with E-state index >= 15 is 0 Å². The number of aromatic nitrogens is 2. The molecule has 0 saturated heterocycles. The monoisotopic (exact) mass is 247 g/mol. The van der Waals surface area contributed by atoms with E-state index in [9.17, 15) is 0 Å². The van der Waals surface area contributed by atoms with E-state index < -0.39 is 0 Å². The van der Waals surface area contributed by atoms with Gasteiger partial charge < -0.3 is 9.73 Å². The Balaban J connectivity index is 2.07. The first-order chi connectivity index (χ1) is 8.56. The van der Waals surface area contributed by atoms with Gasteiger partial charge in [0.15, 0.2) is 0 Å². The maximum atomic E-state index is 5.77. The molecule has 2 heterocycles. The van der Waals surface area contributed by atoms with E-state index in [4.69, 9.17) is 4.42 Å². The maximum absolute atomic E-state index is 5.77. The zero-order valence-corrected chi connectivity index (χ0v) is 11.5. The first-order valence-corrected chi connectivity index (χ1v) is 6.36. The minimum atomic E-state index is 0.483. The van der Waals surface area contributed by atoms with Crippen molar-refractivity contribution in [1.29, 1.82) is 0 Å². The highest BCUT2D eigenvalue weighted by Gasteiger charge is 2.09. The van der Waals surface area contributed by atoms with Crippen LogP contribution in [0.2, 0.25) is 0 Å². The average molecular weight is 247 g/mol. The molecule has 0 aliphatic heterocycles. The van der Waals surface area contributed by atoms with Crippen LogP contribution < -0.4 is 5.32 Å². The zero-order valence-electron chi connectivity index (χ0n) is 11.5. The Morgan fingerprint density at radius 1 is 1.39 bits per heavy atom. The summed E-state index contributed by atoms with van der Waals surface area (Å²) in [6.45, 7) is 9.89. The van der Waals surface area contributed by atoms with Crippen LogP contribution in [0.1, 0.15) is 36.6 Å². The van der Waals surface area contributed by atoms with Gasteiger partial charge in [0.1, 0.15) is 11.5 Å². The van der Waals surface area contributed by atoms with Crippen LogP contribution in [0.25, 0.3) is 0 Å². The van der Waals surface area contributed by atoms with Crippen LogP contribution in [0.4, 0.5) is 0 Å². The van der Waals surface area contributed by atoms with Crippen LogP contribution in [0.3, 0.4) is 0 Å². The van der Waals surface area contributed by atoms with Gasteiger partial charge in [0.2, 0.25) is 0 Å². The van der Waals surface area contributed by atoms with Crippen molar-refractivity contribution in [2.75, 3.05) is 0 Å². The Bertz CT molecular complexity index is 511. The number of rotatable bonds is 5. The highest BCUT2D eigenvalue weighted by Crippen LogP contribution is 2.16. The maximum Gasteiger partial charge on any atom is 0.125 e. The second kappa shape index (κ2) is 5.40. The van der Waals surface area contributed by atoms with E-state index in [0.717, 1.165) is 23.8 Å². The second-order valence-corrected chi connectivity index (χ2v) is 4.96.